The molecule has 0 heterocycles. The molecule has 0 bridgehead atoms. The van der Waals surface area contributed by atoms with Gasteiger partial charge in [0.1, 0.15) is 0 Å². The largest absolute Gasteiger partial charge is 0.323 e. The Labute approximate surface area is 152 Å². The summed E-state index contributed by atoms with van der Waals surface area (Å²) in [4.78, 5) is 12.1. The standard InChI is InChI=1S/C23H29NO/c1-5-6-7-18-10-15-21(16-11-18)24-22(25)17-12-19-8-13-20(14-9-19)23(2,3)4/h8-17H,5-7H2,1-4H3,(H,24,25)/b17-12+. The van der Waals surface area contributed by atoms with Gasteiger partial charge in [0.25, 0.3) is 0 Å². The summed E-state index contributed by atoms with van der Waals surface area (Å²) in [6.07, 6.45) is 6.91. The predicted molar refractivity (Wildman–Crippen MR) is 108 cm³/mol. The van der Waals surface area contributed by atoms with Gasteiger partial charge in [0.15, 0.2) is 0 Å². The fourth-order valence-corrected chi connectivity index (χ4v) is 2.59. The third kappa shape index (κ3) is 6.22. The Bertz CT molecular complexity index is 703. The topological polar surface area (TPSA) is 29.1 Å². The average Bonchev–Trinajstić information content (AvgIpc) is 2.59. The van der Waals surface area contributed by atoms with Crippen LogP contribution in [-0.4, -0.2) is 5.91 Å². The van der Waals surface area contributed by atoms with Crippen LogP contribution in [0.3, 0.4) is 0 Å². The van der Waals surface area contributed by atoms with Gasteiger partial charge in [-0.2, -0.15) is 0 Å². The van der Waals surface area contributed by atoms with Gasteiger partial charge in [-0.1, -0.05) is 70.5 Å². The number of anilines is 1. The summed E-state index contributed by atoms with van der Waals surface area (Å²) in [6, 6.07) is 16.4. The summed E-state index contributed by atoms with van der Waals surface area (Å²) in [5.74, 6) is -0.110. The molecule has 0 saturated carbocycles. The van der Waals surface area contributed by atoms with E-state index in [1.54, 1.807) is 6.08 Å². The van der Waals surface area contributed by atoms with E-state index >= 15 is 0 Å². The molecular weight excluding hydrogens is 306 g/mol. The summed E-state index contributed by atoms with van der Waals surface area (Å²) < 4.78 is 0. The summed E-state index contributed by atoms with van der Waals surface area (Å²) in [7, 11) is 0. The maximum atomic E-state index is 12.1. The quantitative estimate of drug-likeness (QED) is 0.647. The number of carbonyl (C=O) groups is 1. The fourth-order valence-electron chi connectivity index (χ4n) is 2.59. The first kappa shape index (κ1) is 19.0. The number of hydrogen-bond donors (Lipinski definition) is 1. The molecule has 25 heavy (non-hydrogen) atoms. The minimum absolute atomic E-state index is 0.110. The Balaban J connectivity index is 1.92. The number of aryl methyl sites for hydroxylation is 1. The third-order valence-corrected chi connectivity index (χ3v) is 4.24. The molecule has 2 aromatic rings. The normalized spacial score (nSPS) is 11.7. The van der Waals surface area contributed by atoms with E-state index in [-0.39, 0.29) is 11.3 Å². The highest BCUT2D eigenvalue weighted by molar-refractivity contribution is 6.01. The number of hydrogen-bond acceptors (Lipinski definition) is 1. The first-order valence-electron chi connectivity index (χ1n) is 9.07. The molecule has 0 atom stereocenters. The van der Waals surface area contributed by atoms with Gasteiger partial charge in [0, 0.05) is 11.8 Å². The molecule has 0 unspecified atom stereocenters. The molecule has 132 valence electrons. The van der Waals surface area contributed by atoms with E-state index in [0.29, 0.717) is 0 Å². The molecule has 0 aliphatic heterocycles. The van der Waals surface area contributed by atoms with E-state index in [1.165, 1.54) is 24.0 Å². The SMILES string of the molecule is CCCCc1ccc(NC(=O)/C=C/c2ccc(C(C)(C)C)cc2)cc1. The zero-order chi connectivity index (χ0) is 18.3. The van der Waals surface area contributed by atoms with Gasteiger partial charge >= 0.3 is 0 Å². The molecule has 0 saturated heterocycles. The molecule has 2 aromatic carbocycles. The molecule has 0 aliphatic rings. The van der Waals surface area contributed by atoms with Crippen LogP contribution < -0.4 is 5.32 Å². The van der Waals surface area contributed by atoms with E-state index in [0.717, 1.165) is 17.7 Å². The van der Waals surface area contributed by atoms with Crippen molar-refractivity contribution >= 4 is 17.7 Å². The van der Waals surface area contributed by atoms with Gasteiger partial charge in [-0.05, 0) is 53.2 Å². The van der Waals surface area contributed by atoms with Crippen molar-refractivity contribution in [1.29, 1.82) is 0 Å². The van der Waals surface area contributed by atoms with E-state index < -0.39 is 0 Å². The zero-order valence-electron chi connectivity index (χ0n) is 15.8. The molecule has 1 N–H and O–H groups in total. The highest BCUT2D eigenvalue weighted by Gasteiger charge is 2.12. The van der Waals surface area contributed by atoms with Gasteiger partial charge < -0.3 is 5.32 Å². The van der Waals surface area contributed by atoms with Crippen LogP contribution in [0, 0.1) is 0 Å². The first-order valence-corrected chi connectivity index (χ1v) is 9.07. The lowest BCUT2D eigenvalue weighted by atomic mass is 9.87. The Morgan fingerprint density at radius 3 is 2.20 bits per heavy atom. The number of benzene rings is 2. The molecule has 2 rings (SSSR count). The number of amides is 1. The monoisotopic (exact) mass is 335 g/mol. The molecule has 2 nitrogen and oxygen atoms in total. The molecule has 0 aromatic heterocycles. The number of rotatable bonds is 6. The maximum absolute atomic E-state index is 12.1. The predicted octanol–water partition coefficient (Wildman–Crippen LogP) is 5.98. The molecular formula is C23H29NO. The zero-order valence-corrected chi connectivity index (χ0v) is 15.8. The van der Waals surface area contributed by atoms with Crippen molar-refractivity contribution in [3.63, 3.8) is 0 Å². The summed E-state index contributed by atoms with van der Waals surface area (Å²) in [5.41, 5.74) is 4.60. The number of nitrogens with one attached hydrogen (secondary N) is 1. The maximum Gasteiger partial charge on any atom is 0.248 e. The number of unbranched alkanes of at least 4 members (excludes halogenated alkanes) is 1. The van der Waals surface area contributed by atoms with Crippen molar-refractivity contribution in [3.8, 4) is 0 Å². The van der Waals surface area contributed by atoms with Gasteiger partial charge in [0.2, 0.25) is 5.91 Å². The minimum atomic E-state index is -0.110. The van der Waals surface area contributed by atoms with Crippen molar-refractivity contribution < 1.29 is 4.79 Å². The van der Waals surface area contributed by atoms with Crippen LogP contribution in [0.25, 0.3) is 6.08 Å². The van der Waals surface area contributed by atoms with Crippen molar-refractivity contribution in [2.45, 2.75) is 52.4 Å². The van der Waals surface area contributed by atoms with Gasteiger partial charge in [-0.3, -0.25) is 4.79 Å². The van der Waals surface area contributed by atoms with E-state index in [1.807, 2.05) is 30.3 Å². The second-order valence-corrected chi connectivity index (χ2v) is 7.50. The van der Waals surface area contributed by atoms with Crippen LogP contribution in [-0.2, 0) is 16.6 Å². The second-order valence-electron chi connectivity index (χ2n) is 7.50. The smallest absolute Gasteiger partial charge is 0.248 e. The molecule has 0 fully saturated rings. The van der Waals surface area contributed by atoms with Crippen molar-refractivity contribution in [1.82, 2.24) is 0 Å². The van der Waals surface area contributed by atoms with Crippen molar-refractivity contribution in [3.05, 3.63) is 71.3 Å². The molecule has 0 radical (unpaired) electrons. The van der Waals surface area contributed by atoms with E-state index in [2.05, 4.69) is 57.3 Å². The Hall–Kier alpha value is -2.35. The highest BCUT2D eigenvalue weighted by atomic mass is 16.1. The lowest BCUT2D eigenvalue weighted by molar-refractivity contribution is -0.111. The van der Waals surface area contributed by atoms with Crippen molar-refractivity contribution in [2.75, 3.05) is 5.32 Å². The molecule has 0 spiro atoms. The van der Waals surface area contributed by atoms with Crippen LogP contribution in [0.2, 0.25) is 0 Å². The average molecular weight is 335 g/mol. The molecule has 2 heteroatoms. The first-order chi connectivity index (χ1) is 11.9. The van der Waals surface area contributed by atoms with Crippen LogP contribution in [0.1, 0.15) is 57.2 Å². The third-order valence-electron chi connectivity index (χ3n) is 4.24. The number of carbonyl (C=O) groups excluding carboxylic acids is 1. The summed E-state index contributed by atoms with van der Waals surface area (Å²) >= 11 is 0. The summed E-state index contributed by atoms with van der Waals surface area (Å²) in [5, 5.41) is 2.91. The van der Waals surface area contributed by atoms with E-state index in [9.17, 15) is 4.79 Å². The van der Waals surface area contributed by atoms with Crippen LogP contribution in [0.15, 0.2) is 54.6 Å². The van der Waals surface area contributed by atoms with Gasteiger partial charge in [-0.25, -0.2) is 0 Å². The minimum Gasteiger partial charge on any atom is -0.323 e. The molecule has 1 amide bonds. The van der Waals surface area contributed by atoms with E-state index in [4.69, 9.17) is 0 Å². The Kier molecular flexibility index (Phi) is 6.58. The van der Waals surface area contributed by atoms with Crippen LogP contribution in [0.5, 0.6) is 0 Å². The lowest BCUT2D eigenvalue weighted by Gasteiger charge is -2.18. The Morgan fingerprint density at radius 2 is 1.64 bits per heavy atom. The van der Waals surface area contributed by atoms with Crippen LogP contribution >= 0.6 is 0 Å². The van der Waals surface area contributed by atoms with Gasteiger partial charge in [-0.15, -0.1) is 0 Å². The van der Waals surface area contributed by atoms with Crippen molar-refractivity contribution in [2.24, 2.45) is 0 Å². The van der Waals surface area contributed by atoms with Gasteiger partial charge in [0.05, 0.1) is 0 Å². The highest BCUT2D eigenvalue weighted by Crippen LogP contribution is 2.22. The lowest BCUT2D eigenvalue weighted by Crippen LogP contribution is -2.10. The second kappa shape index (κ2) is 8.66. The van der Waals surface area contributed by atoms with Crippen LogP contribution in [0.4, 0.5) is 5.69 Å². The molecule has 0 aliphatic carbocycles. The Morgan fingerprint density at radius 1 is 1.00 bits per heavy atom. The fraction of sp³-hybridized carbons (Fsp3) is 0.348. The summed E-state index contributed by atoms with van der Waals surface area (Å²) in [6.45, 7) is 8.77.